The third-order valence-corrected chi connectivity index (χ3v) is 9.24. The van der Waals surface area contributed by atoms with E-state index in [0.29, 0.717) is 32.1 Å². The van der Waals surface area contributed by atoms with Crippen molar-refractivity contribution in [1.29, 1.82) is 0 Å². The highest BCUT2D eigenvalue weighted by Gasteiger charge is 2.35. The summed E-state index contributed by atoms with van der Waals surface area (Å²) in [5, 5.41) is 9.57. The first-order valence-electron chi connectivity index (χ1n) is 13.8. The predicted molar refractivity (Wildman–Crippen MR) is 175 cm³/mol. The second-order valence-electron chi connectivity index (χ2n) is 9.91. The number of thioether (sulfide) groups is 1. The van der Waals surface area contributed by atoms with Crippen molar-refractivity contribution in [3.8, 4) is 11.3 Å². The van der Waals surface area contributed by atoms with Crippen molar-refractivity contribution in [2.24, 2.45) is 4.99 Å². The van der Waals surface area contributed by atoms with Crippen LogP contribution in [0.15, 0.2) is 110 Å². The van der Waals surface area contributed by atoms with Crippen molar-refractivity contribution >= 4 is 58.4 Å². The topological polar surface area (TPSA) is 111 Å². The van der Waals surface area contributed by atoms with Crippen LogP contribution >= 0.6 is 34.7 Å². The van der Waals surface area contributed by atoms with Crippen molar-refractivity contribution in [3.63, 3.8) is 0 Å². The molecule has 0 bridgehead atoms. The number of nitrogens with zero attached hydrogens (tertiary/aromatic N) is 2. The van der Waals surface area contributed by atoms with Gasteiger partial charge in [-0.25, -0.2) is 14.6 Å². The van der Waals surface area contributed by atoms with Gasteiger partial charge in [-0.15, -0.1) is 11.8 Å². The Labute approximate surface area is 270 Å². The second-order valence-corrected chi connectivity index (χ2v) is 12.2. The molecule has 0 aliphatic carbocycles. The van der Waals surface area contributed by atoms with Crippen LogP contribution in [0.5, 0.6) is 0 Å². The molecule has 1 aliphatic heterocycles. The molecule has 226 valence electrons. The van der Waals surface area contributed by atoms with E-state index in [1.165, 1.54) is 28.0 Å². The Morgan fingerprint density at radius 1 is 1.07 bits per heavy atom. The number of ether oxygens (including phenoxy) is 1. The van der Waals surface area contributed by atoms with Gasteiger partial charge in [0.1, 0.15) is 11.5 Å². The minimum Gasteiger partial charge on any atom is -0.478 e. The lowest BCUT2D eigenvalue weighted by atomic mass is 9.93. The van der Waals surface area contributed by atoms with Gasteiger partial charge < -0.3 is 14.3 Å². The van der Waals surface area contributed by atoms with Gasteiger partial charge >= 0.3 is 11.9 Å². The molecule has 6 rings (SSSR count). The number of aromatic carboxylic acids is 1. The summed E-state index contributed by atoms with van der Waals surface area (Å²) in [6, 6.07) is 24.3. The maximum Gasteiger partial charge on any atom is 0.338 e. The van der Waals surface area contributed by atoms with Crippen molar-refractivity contribution < 1.29 is 23.8 Å². The third kappa shape index (κ3) is 5.92. The summed E-state index contributed by atoms with van der Waals surface area (Å²) in [4.78, 5) is 45.6. The van der Waals surface area contributed by atoms with Gasteiger partial charge in [-0.3, -0.25) is 9.36 Å². The average molecular weight is 657 g/mol. The average Bonchev–Trinajstić information content (AvgIpc) is 3.65. The highest BCUT2D eigenvalue weighted by atomic mass is 35.5. The van der Waals surface area contributed by atoms with Gasteiger partial charge in [-0.1, -0.05) is 65.4 Å². The van der Waals surface area contributed by atoms with Gasteiger partial charge in [0.15, 0.2) is 4.80 Å². The van der Waals surface area contributed by atoms with E-state index in [1.54, 1.807) is 43.0 Å². The molecule has 3 heterocycles. The van der Waals surface area contributed by atoms with Crippen LogP contribution in [0.3, 0.4) is 0 Å². The molecule has 2 aromatic heterocycles. The first kappa shape index (κ1) is 30.4. The number of thiazole rings is 1. The van der Waals surface area contributed by atoms with Gasteiger partial charge in [0.2, 0.25) is 0 Å². The third-order valence-electron chi connectivity index (χ3n) is 7.19. The van der Waals surface area contributed by atoms with Gasteiger partial charge in [-0.2, -0.15) is 0 Å². The van der Waals surface area contributed by atoms with E-state index in [4.69, 9.17) is 25.7 Å². The maximum absolute atomic E-state index is 14.1. The molecule has 1 N–H and O–H groups in total. The first-order valence-corrected chi connectivity index (χ1v) is 16.3. The Bertz CT molecular complexity index is 2150. The molecule has 45 heavy (non-hydrogen) atoms. The molecular formula is C34H25ClN2O6S2. The van der Waals surface area contributed by atoms with Crippen molar-refractivity contribution in [2.75, 3.05) is 12.9 Å². The zero-order valence-corrected chi connectivity index (χ0v) is 26.4. The fourth-order valence-electron chi connectivity index (χ4n) is 5.10. The molecule has 5 aromatic rings. The standard InChI is InChI=1S/C34H25ClN2O6S2/c1-3-42-33(41)28-29(19-7-5-4-6-8-19)36-34-37(30(28)20-9-13-23(44-2)14-10-20)31(38)27(45-34)18-22-12-16-26(43-22)21-11-15-25(35)24(17-21)32(39)40/h4-18,30H,3H2,1-2H3,(H,39,40). The first-order chi connectivity index (χ1) is 21.8. The molecule has 0 fully saturated rings. The summed E-state index contributed by atoms with van der Waals surface area (Å²) < 4.78 is 13.4. The van der Waals surface area contributed by atoms with E-state index >= 15 is 0 Å². The Morgan fingerprint density at radius 2 is 1.82 bits per heavy atom. The summed E-state index contributed by atoms with van der Waals surface area (Å²) in [6.07, 6.45) is 3.60. The van der Waals surface area contributed by atoms with Crippen LogP contribution in [0.25, 0.3) is 23.1 Å². The molecule has 3 aromatic carbocycles. The van der Waals surface area contributed by atoms with E-state index in [9.17, 15) is 19.5 Å². The smallest absolute Gasteiger partial charge is 0.338 e. The van der Waals surface area contributed by atoms with Gasteiger partial charge in [0.05, 0.1) is 39.0 Å². The number of hydrogen-bond acceptors (Lipinski definition) is 8. The van der Waals surface area contributed by atoms with E-state index < -0.39 is 18.0 Å². The van der Waals surface area contributed by atoms with Crippen LogP contribution in [-0.4, -0.2) is 34.5 Å². The molecular weight excluding hydrogens is 632 g/mol. The fraction of sp³-hybridized carbons (Fsp3) is 0.118. The number of hydrogen-bond donors (Lipinski definition) is 1. The van der Waals surface area contributed by atoms with Crippen LogP contribution in [-0.2, 0) is 9.53 Å². The lowest BCUT2D eigenvalue weighted by molar-refractivity contribution is -0.138. The van der Waals surface area contributed by atoms with Gasteiger partial charge in [0.25, 0.3) is 5.56 Å². The minimum atomic E-state index is -1.15. The summed E-state index contributed by atoms with van der Waals surface area (Å²) in [5.74, 6) is -0.899. The maximum atomic E-state index is 14.1. The number of aromatic nitrogens is 1. The summed E-state index contributed by atoms with van der Waals surface area (Å²) in [5.41, 5.74) is 2.32. The molecule has 0 amide bonds. The molecule has 1 aliphatic rings. The molecule has 0 saturated carbocycles. The molecule has 8 nitrogen and oxygen atoms in total. The summed E-state index contributed by atoms with van der Waals surface area (Å²) >= 11 is 8.81. The van der Waals surface area contributed by atoms with Crippen LogP contribution in [0, 0.1) is 0 Å². The van der Waals surface area contributed by atoms with E-state index in [-0.39, 0.29) is 28.3 Å². The van der Waals surface area contributed by atoms with Crippen LogP contribution < -0.4 is 14.9 Å². The lowest BCUT2D eigenvalue weighted by Crippen LogP contribution is -2.40. The van der Waals surface area contributed by atoms with Crippen molar-refractivity contribution in [3.05, 3.63) is 138 Å². The largest absolute Gasteiger partial charge is 0.478 e. The second kappa shape index (κ2) is 12.8. The number of rotatable bonds is 8. The normalized spacial score (nSPS) is 14.6. The number of carbonyl (C=O) groups is 2. The number of carboxylic acids is 1. The SMILES string of the molecule is CCOC(=O)C1=C(c2ccccc2)N=c2sc(=Cc3ccc(-c4ccc(Cl)c(C(=O)O)c4)o3)c(=O)n2C1c1ccc(SC)cc1. The van der Waals surface area contributed by atoms with E-state index in [1.807, 2.05) is 60.9 Å². The number of furan rings is 1. The van der Waals surface area contributed by atoms with Gasteiger partial charge in [-0.05, 0) is 61.2 Å². The number of esters is 1. The molecule has 11 heteroatoms. The highest BCUT2D eigenvalue weighted by molar-refractivity contribution is 7.98. The molecule has 1 unspecified atom stereocenters. The fourth-order valence-corrected chi connectivity index (χ4v) is 6.69. The Morgan fingerprint density at radius 3 is 2.51 bits per heavy atom. The van der Waals surface area contributed by atoms with Crippen LogP contribution in [0.4, 0.5) is 0 Å². The van der Waals surface area contributed by atoms with Crippen molar-refractivity contribution in [2.45, 2.75) is 17.9 Å². The van der Waals surface area contributed by atoms with Crippen LogP contribution in [0.2, 0.25) is 5.02 Å². The minimum absolute atomic E-state index is 0.0439. The quantitative estimate of drug-likeness (QED) is 0.155. The zero-order chi connectivity index (χ0) is 31.7. The Hall–Kier alpha value is -4.64. The zero-order valence-electron chi connectivity index (χ0n) is 24.0. The van der Waals surface area contributed by atoms with E-state index in [0.717, 1.165) is 16.0 Å². The predicted octanol–water partition coefficient (Wildman–Crippen LogP) is 6.27. The monoisotopic (exact) mass is 656 g/mol. The van der Waals surface area contributed by atoms with E-state index in [2.05, 4.69) is 0 Å². The number of benzene rings is 3. The molecule has 0 saturated heterocycles. The van der Waals surface area contributed by atoms with Gasteiger partial charge in [0, 0.05) is 22.1 Å². The van der Waals surface area contributed by atoms with Crippen LogP contribution in [0.1, 0.15) is 40.2 Å². The number of carboxylic acid groups (broad SMARTS) is 1. The highest BCUT2D eigenvalue weighted by Crippen LogP contribution is 2.36. The summed E-state index contributed by atoms with van der Waals surface area (Å²) in [6.45, 7) is 1.90. The summed E-state index contributed by atoms with van der Waals surface area (Å²) in [7, 11) is 0. The Balaban J connectivity index is 1.53. The number of carbonyl (C=O) groups excluding carboxylic acids is 1. The van der Waals surface area contributed by atoms with Crippen molar-refractivity contribution in [1.82, 2.24) is 4.57 Å². The molecule has 0 spiro atoms. The Kier molecular flexibility index (Phi) is 8.62. The number of fused-ring (bicyclic) bond motifs is 1. The molecule has 0 radical (unpaired) electrons. The molecule has 1 atom stereocenters. The number of halogens is 1. The lowest BCUT2D eigenvalue weighted by Gasteiger charge is -2.26.